The van der Waals surface area contributed by atoms with Crippen LogP contribution in [-0.4, -0.2) is 6.54 Å². The van der Waals surface area contributed by atoms with Crippen LogP contribution in [0.4, 0.5) is 11.4 Å². The van der Waals surface area contributed by atoms with Crippen LogP contribution in [0.2, 0.25) is 0 Å². The van der Waals surface area contributed by atoms with Crippen LogP contribution in [0.1, 0.15) is 19.4 Å². The molecular weight excluding hydrogens is 238 g/mol. The van der Waals surface area contributed by atoms with E-state index in [1.54, 1.807) is 0 Å². The maximum atomic E-state index is 2.40. The van der Waals surface area contributed by atoms with Gasteiger partial charge in [0.1, 0.15) is 0 Å². The van der Waals surface area contributed by atoms with Gasteiger partial charge in [0.15, 0.2) is 0 Å². The van der Waals surface area contributed by atoms with E-state index in [1.807, 2.05) is 11.8 Å². The molecule has 1 aliphatic rings. The maximum absolute atomic E-state index is 2.40. The molecule has 0 spiro atoms. The van der Waals surface area contributed by atoms with Gasteiger partial charge in [-0.2, -0.15) is 0 Å². The van der Waals surface area contributed by atoms with Crippen molar-refractivity contribution in [2.75, 3.05) is 11.4 Å². The zero-order valence-electron chi connectivity index (χ0n) is 10.8. The van der Waals surface area contributed by atoms with Crippen molar-refractivity contribution in [2.24, 2.45) is 0 Å². The lowest BCUT2D eigenvalue weighted by Crippen LogP contribution is -2.19. The first-order chi connectivity index (χ1) is 8.83. The fourth-order valence-corrected chi connectivity index (χ4v) is 3.60. The molecule has 1 aliphatic heterocycles. The highest BCUT2D eigenvalue weighted by molar-refractivity contribution is 7.99. The van der Waals surface area contributed by atoms with Crippen LogP contribution in [0, 0.1) is 0 Å². The summed E-state index contributed by atoms with van der Waals surface area (Å²) in [6, 6.07) is 15.5. The summed E-state index contributed by atoms with van der Waals surface area (Å²) in [7, 11) is 0. The molecule has 0 aromatic heterocycles. The minimum absolute atomic E-state index is 1.01. The van der Waals surface area contributed by atoms with E-state index in [-0.39, 0.29) is 0 Å². The number of fused-ring (bicyclic) bond motifs is 2. The molecule has 1 nitrogen and oxygen atoms in total. The summed E-state index contributed by atoms with van der Waals surface area (Å²) in [4.78, 5) is 5.15. The number of rotatable bonds is 2. The first-order valence-electron chi connectivity index (χ1n) is 6.50. The quantitative estimate of drug-likeness (QED) is 0.753. The number of hydrogen-bond acceptors (Lipinski definition) is 2. The predicted octanol–water partition coefficient (Wildman–Crippen LogP) is 4.87. The number of anilines is 2. The molecule has 0 saturated heterocycles. The van der Waals surface area contributed by atoms with Gasteiger partial charge in [-0.3, -0.25) is 0 Å². The van der Waals surface area contributed by atoms with Crippen molar-refractivity contribution in [1.29, 1.82) is 0 Å². The molecule has 92 valence electrons. The van der Waals surface area contributed by atoms with Crippen molar-refractivity contribution in [3.8, 4) is 0 Å². The normalized spacial score (nSPS) is 13.1. The minimum atomic E-state index is 1.01. The van der Waals surface area contributed by atoms with Gasteiger partial charge in [-0.1, -0.05) is 36.9 Å². The minimum Gasteiger partial charge on any atom is -0.340 e. The molecule has 2 aromatic carbocycles. The van der Waals surface area contributed by atoms with Crippen LogP contribution in [0.5, 0.6) is 0 Å². The van der Waals surface area contributed by atoms with Crippen molar-refractivity contribution in [1.82, 2.24) is 0 Å². The SMILES string of the molecule is CCc1ccc2c(c1)Sc1ccccc1N2CC. The van der Waals surface area contributed by atoms with Gasteiger partial charge in [-0.15, -0.1) is 0 Å². The monoisotopic (exact) mass is 255 g/mol. The fourth-order valence-electron chi connectivity index (χ4n) is 2.44. The molecule has 0 amide bonds. The number of para-hydroxylation sites is 1. The molecule has 0 fully saturated rings. The van der Waals surface area contributed by atoms with Crippen LogP contribution in [0.25, 0.3) is 0 Å². The Morgan fingerprint density at radius 2 is 1.72 bits per heavy atom. The third kappa shape index (κ3) is 1.81. The van der Waals surface area contributed by atoms with Gasteiger partial charge in [-0.25, -0.2) is 0 Å². The van der Waals surface area contributed by atoms with Crippen LogP contribution < -0.4 is 4.90 Å². The van der Waals surface area contributed by atoms with Crippen molar-refractivity contribution in [2.45, 2.75) is 30.1 Å². The van der Waals surface area contributed by atoms with E-state index in [0.717, 1.165) is 13.0 Å². The Morgan fingerprint density at radius 3 is 2.50 bits per heavy atom. The van der Waals surface area contributed by atoms with E-state index in [9.17, 15) is 0 Å². The average Bonchev–Trinajstić information content (AvgIpc) is 2.44. The summed E-state index contributed by atoms with van der Waals surface area (Å²) < 4.78 is 0. The van der Waals surface area contributed by atoms with Gasteiger partial charge in [-0.05, 0) is 43.2 Å². The molecule has 2 heteroatoms. The Balaban J connectivity index is 2.14. The smallest absolute Gasteiger partial charge is 0.0552 e. The predicted molar refractivity (Wildman–Crippen MR) is 79.1 cm³/mol. The first-order valence-corrected chi connectivity index (χ1v) is 7.32. The molecule has 1 heterocycles. The van der Waals surface area contributed by atoms with E-state index in [2.05, 4.69) is 61.2 Å². The largest absolute Gasteiger partial charge is 0.340 e. The third-order valence-electron chi connectivity index (χ3n) is 3.42. The van der Waals surface area contributed by atoms with E-state index in [1.165, 1.54) is 26.7 Å². The highest BCUT2D eigenvalue weighted by atomic mass is 32.2. The Hall–Kier alpha value is -1.41. The summed E-state index contributed by atoms with van der Waals surface area (Å²) in [6.07, 6.45) is 1.10. The van der Waals surface area contributed by atoms with Crippen molar-refractivity contribution in [3.63, 3.8) is 0 Å². The summed E-state index contributed by atoms with van der Waals surface area (Å²) in [6.45, 7) is 5.43. The second kappa shape index (κ2) is 4.69. The van der Waals surface area contributed by atoms with E-state index in [0.29, 0.717) is 0 Å². The fraction of sp³-hybridized carbons (Fsp3) is 0.250. The topological polar surface area (TPSA) is 3.24 Å². The molecule has 18 heavy (non-hydrogen) atoms. The van der Waals surface area contributed by atoms with Crippen LogP contribution in [0.15, 0.2) is 52.3 Å². The molecule has 0 unspecified atom stereocenters. The van der Waals surface area contributed by atoms with Crippen molar-refractivity contribution < 1.29 is 0 Å². The standard InChI is InChI=1S/C16H17NS/c1-3-12-9-10-14-16(11-12)18-15-8-6-5-7-13(15)17(14)4-2/h5-11H,3-4H2,1-2H3. The lowest BCUT2D eigenvalue weighted by atomic mass is 10.1. The summed E-state index contributed by atoms with van der Waals surface area (Å²) >= 11 is 1.89. The summed E-state index contributed by atoms with van der Waals surface area (Å²) in [5.74, 6) is 0. The van der Waals surface area contributed by atoms with Gasteiger partial charge < -0.3 is 4.90 Å². The molecule has 3 rings (SSSR count). The van der Waals surface area contributed by atoms with E-state index in [4.69, 9.17) is 0 Å². The molecule has 0 aliphatic carbocycles. The number of aryl methyl sites for hydroxylation is 1. The Bertz CT molecular complexity index is 577. The van der Waals surface area contributed by atoms with Gasteiger partial charge >= 0.3 is 0 Å². The highest BCUT2D eigenvalue weighted by Crippen LogP contribution is 2.47. The van der Waals surface area contributed by atoms with Crippen LogP contribution in [-0.2, 0) is 6.42 Å². The van der Waals surface area contributed by atoms with Gasteiger partial charge in [0.2, 0.25) is 0 Å². The summed E-state index contributed by atoms with van der Waals surface area (Å²) in [5, 5.41) is 0. The lowest BCUT2D eigenvalue weighted by molar-refractivity contribution is 0.973. The average molecular weight is 255 g/mol. The molecule has 0 bridgehead atoms. The van der Waals surface area contributed by atoms with Crippen molar-refractivity contribution in [3.05, 3.63) is 48.0 Å². The first kappa shape index (κ1) is 11.7. The zero-order valence-corrected chi connectivity index (χ0v) is 11.6. The van der Waals surface area contributed by atoms with Crippen LogP contribution in [0.3, 0.4) is 0 Å². The number of hydrogen-bond donors (Lipinski definition) is 0. The van der Waals surface area contributed by atoms with Gasteiger partial charge in [0.25, 0.3) is 0 Å². The number of nitrogens with zero attached hydrogens (tertiary/aromatic N) is 1. The second-order valence-corrected chi connectivity index (χ2v) is 5.55. The van der Waals surface area contributed by atoms with E-state index < -0.39 is 0 Å². The van der Waals surface area contributed by atoms with Crippen molar-refractivity contribution >= 4 is 23.1 Å². The maximum Gasteiger partial charge on any atom is 0.0552 e. The molecule has 0 atom stereocenters. The Morgan fingerprint density at radius 1 is 0.944 bits per heavy atom. The molecule has 0 radical (unpaired) electrons. The highest BCUT2D eigenvalue weighted by Gasteiger charge is 2.21. The lowest BCUT2D eigenvalue weighted by Gasteiger charge is -2.32. The summed E-state index contributed by atoms with van der Waals surface area (Å²) in [5.41, 5.74) is 4.09. The molecule has 0 N–H and O–H groups in total. The zero-order chi connectivity index (χ0) is 12.5. The third-order valence-corrected chi connectivity index (χ3v) is 4.53. The Labute approximate surface area is 113 Å². The van der Waals surface area contributed by atoms with Gasteiger partial charge in [0.05, 0.1) is 11.4 Å². The van der Waals surface area contributed by atoms with Crippen LogP contribution >= 0.6 is 11.8 Å². The van der Waals surface area contributed by atoms with E-state index >= 15 is 0 Å². The second-order valence-electron chi connectivity index (χ2n) is 4.47. The Kier molecular flexibility index (Phi) is 3.04. The van der Waals surface area contributed by atoms with Gasteiger partial charge in [0, 0.05) is 16.3 Å². The molecule has 0 saturated carbocycles. The number of benzene rings is 2. The molecule has 2 aromatic rings. The molecular formula is C16H17NS.